The molecule has 124 valence electrons. The van der Waals surface area contributed by atoms with Crippen LogP contribution in [0.15, 0.2) is 30.5 Å². The number of nitrogens with one attached hydrogen (secondary N) is 1. The van der Waals surface area contributed by atoms with Crippen LogP contribution in [0.3, 0.4) is 0 Å². The van der Waals surface area contributed by atoms with E-state index in [2.05, 4.69) is 31.2 Å². The highest BCUT2D eigenvalue weighted by Gasteiger charge is 2.23. The third-order valence-electron chi connectivity index (χ3n) is 3.57. The van der Waals surface area contributed by atoms with Gasteiger partial charge < -0.3 is 10.4 Å². The van der Waals surface area contributed by atoms with Gasteiger partial charge >= 0.3 is 5.97 Å². The van der Waals surface area contributed by atoms with E-state index in [4.69, 9.17) is 16.7 Å². The number of nitrogens with zero attached hydrogens (tertiary/aromatic N) is 2. The number of hydrogen-bond donors (Lipinski definition) is 2. The molecule has 0 amide bonds. The van der Waals surface area contributed by atoms with Gasteiger partial charge in [0.15, 0.2) is 0 Å². The number of carboxylic acids is 1. The Hall–Kier alpha value is -1.85. The van der Waals surface area contributed by atoms with Crippen molar-refractivity contribution in [3.8, 4) is 5.69 Å². The molecule has 2 aromatic rings. The number of hydrogen-bond acceptors (Lipinski definition) is 3. The van der Waals surface area contributed by atoms with E-state index in [1.54, 1.807) is 11.6 Å². The van der Waals surface area contributed by atoms with Crippen molar-refractivity contribution in [1.29, 1.82) is 0 Å². The third-order valence-corrected chi connectivity index (χ3v) is 3.89. The summed E-state index contributed by atoms with van der Waals surface area (Å²) >= 11 is 6.25. The topological polar surface area (TPSA) is 67.2 Å². The van der Waals surface area contributed by atoms with Crippen molar-refractivity contribution in [3.05, 3.63) is 46.7 Å². The van der Waals surface area contributed by atoms with E-state index in [0.717, 1.165) is 16.9 Å². The van der Waals surface area contributed by atoms with Crippen molar-refractivity contribution < 1.29 is 9.90 Å². The van der Waals surface area contributed by atoms with Gasteiger partial charge in [0.1, 0.15) is 6.04 Å². The van der Waals surface area contributed by atoms with E-state index in [9.17, 15) is 4.79 Å². The molecule has 1 atom stereocenters. The summed E-state index contributed by atoms with van der Waals surface area (Å²) in [6.45, 7) is 8.30. The van der Waals surface area contributed by atoms with E-state index in [0.29, 0.717) is 11.6 Å². The Morgan fingerprint density at radius 2 is 2.04 bits per heavy atom. The highest BCUT2D eigenvalue weighted by Crippen LogP contribution is 2.27. The number of carbonyl (C=O) groups is 1. The van der Waals surface area contributed by atoms with E-state index >= 15 is 0 Å². The number of carboxylic acid groups (broad SMARTS) is 1. The zero-order valence-corrected chi connectivity index (χ0v) is 14.6. The molecule has 2 rings (SSSR count). The predicted molar refractivity (Wildman–Crippen MR) is 91.2 cm³/mol. The molecule has 0 aliphatic heterocycles. The summed E-state index contributed by atoms with van der Waals surface area (Å²) in [4.78, 5) is 11.0. The van der Waals surface area contributed by atoms with Crippen LogP contribution in [0.5, 0.6) is 0 Å². The maximum Gasteiger partial charge on any atom is 0.320 e. The lowest BCUT2D eigenvalue weighted by molar-refractivity contribution is -0.139. The monoisotopic (exact) mass is 335 g/mol. The Kier molecular flexibility index (Phi) is 5.12. The predicted octanol–water partition coefficient (Wildman–Crippen LogP) is 3.39. The molecule has 6 heteroatoms. The summed E-state index contributed by atoms with van der Waals surface area (Å²) < 4.78 is 1.76. The summed E-state index contributed by atoms with van der Waals surface area (Å²) in [7, 11) is 0. The van der Waals surface area contributed by atoms with Crippen molar-refractivity contribution in [2.45, 2.75) is 45.7 Å². The van der Waals surface area contributed by atoms with Gasteiger partial charge in [-0.15, -0.1) is 0 Å². The van der Waals surface area contributed by atoms with Crippen molar-refractivity contribution in [2.75, 3.05) is 0 Å². The Morgan fingerprint density at radius 1 is 1.39 bits per heavy atom. The molecule has 5 nitrogen and oxygen atoms in total. The zero-order chi connectivity index (χ0) is 17.2. The first-order chi connectivity index (χ1) is 10.7. The van der Waals surface area contributed by atoms with Crippen LogP contribution in [0.2, 0.25) is 5.02 Å². The average Bonchev–Trinajstić information content (AvgIpc) is 2.89. The Morgan fingerprint density at radius 3 is 2.61 bits per heavy atom. The first-order valence-electron chi connectivity index (χ1n) is 7.50. The minimum atomic E-state index is -0.874. The number of para-hydroxylation sites is 1. The normalized spacial score (nSPS) is 13.1. The number of rotatable bonds is 5. The van der Waals surface area contributed by atoms with Crippen LogP contribution in [-0.4, -0.2) is 26.9 Å². The molecule has 0 fully saturated rings. The molecule has 2 N–H and O–H groups in total. The fraction of sp³-hybridized carbons (Fsp3) is 0.412. The van der Waals surface area contributed by atoms with Gasteiger partial charge in [-0.2, -0.15) is 5.10 Å². The van der Waals surface area contributed by atoms with Crippen molar-refractivity contribution in [2.24, 2.45) is 0 Å². The fourth-order valence-corrected chi connectivity index (χ4v) is 2.50. The number of halogens is 1. The molecular formula is C17H22ClN3O2. The molecule has 1 aromatic heterocycles. The summed E-state index contributed by atoms with van der Waals surface area (Å²) in [5.41, 5.74) is 2.53. The van der Waals surface area contributed by atoms with Crippen LogP contribution >= 0.6 is 11.6 Å². The van der Waals surface area contributed by atoms with Gasteiger partial charge in [0.05, 0.1) is 16.4 Å². The lowest BCUT2D eigenvalue weighted by atomic mass is 9.89. The van der Waals surface area contributed by atoms with Crippen LogP contribution in [0, 0.1) is 0 Å². The van der Waals surface area contributed by atoms with E-state index < -0.39 is 12.0 Å². The molecule has 0 saturated heterocycles. The Bertz CT molecular complexity index is 704. The Balaban J connectivity index is 2.37. The number of aromatic nitrogens is 2. The lowest BCUT2D eigenvalue weighted by Gasteiger charge is -2.18. The van der Waals surface area contributed by atoms with Crippen LogP contribution in [-0.2, 0) is 16.8 Å². The molecule has 1 aromatic carbocycles. The maximum absolute atomic E-state index is 11.0. The second kappa shape index (κ2) is 6.72. The smallest absolute Gasteiger partial charge is 0.320 e. The largest absolute Gasteiger partial charge is 0.480 e. The van der Waals surface area contributed by atoms with Crippen LogP contribution in [0.25, 0.3) is 5.69 Å². The molecule has 0 aliphatic carbocycles. The quantitative estimate of drug-likeness (QED) is 0.879. The molecule has 0 bridgehead atoms. The van der Waals surface area contributed by atoms with Gasteiger partial charge in [0.25, 0.3) is 0 Å². The van der Waals surface area contributed by atoms with E-state index in [1.165, 1.54) is 0 Å². The molecule has 23 heavy (non-hydrogen) atoms. The van der Waals surface area contributed by atoms with E-state index in [1.807, 2.05) is 30.5 Å². The molecule has 0 spiro atoms. The molecule has 1 unspecified atom stereocenters. The fourth-order valence-electron chi connectivity index (χ4n) is 2.28. The van der Waals surface area contributed by atoms with Crippen molar-refractivity contribution >= 4 is 17.6 Å². The molecule has 0 radical (unpaired) electrons. The summed E-state index contributed by atoms with van der Waals surface area (Å²) in [6, 6.07) is 6.88. The summed E-state index contributed by atoms with van der Waals surface area (Å²) in [5, 5.41) is 17.3. The van der Waals surface area contributed by atoms with Crippen molar-refractivity contribution in [1.82, 2.24) is 15.1 Å². The average molecular weight is 336 g/mol. The summed E-state index contributed by atoms with van der Waals surface area (Å²) in [6.07, 6.45) is 1.91. The van der Waals surface area contributed by atoms with Gasteiger partial charge in [0, 0.05) is 23.7 Å². The summed E-state index contributed by atoms with van der Waals surface area (Å²) in [5.74, 6) is -0.874. The van der Waals surface area contributed by atoms with Crippen molar-refractivity contribution in [3.63, 3.8) is 0 Å². The molecule has 0 aliphatic rings. The third kappa shape index (κ3) is 4.12. The molecular weight excluding hydrogens is 314 g/mol. The van der Waals surface area contributed by atoms with Gasteiger partial charge in [-0.1, -0.05) is 44.5 Å². The minimum Gasteiger partial charge on any atom is -0.480 e. The highest BCUT2D eigenvalue weighted by atomic mass is 35.5. The molecule has 1 heterocycles. The van der Waals surface area contributed by atoms with Crippen LogP contribution in [0.1, 0.15) is 39.0 Å². The minimum absolute atomic E-state index is 0.157. The lowest BCUT2D eigenvalue weighted by Crippen LogP contribution is -2.33. The van der Waals surface area contributed by atoms with Gasteiger partial charge in [0.2, 0.25) is 0 Å². The van der Waals surface area contributed by atoms with Crippen LogP contribution in [0.4, 0.5) is 0 Å². The van der Waals surface area contributed by atoms with Gasteiger partial charge in [-0.25, -0.2) is 4.68 Å². The maximum atomic E-state index is 11.0. The number of benzene rings is 1. The first kappa shape index (κ1) is 17.5. The van der Waals surface area contributed by atoms with Crippen LogP contribution < -0.4 is 5.32 Å². The Labute approximate surface area is 141 Å². The first-order valence-corrected chi connectivity index (χ1v) is 7.88. The molecule has 0 saturated carbocycles. The second-order valence-electron chi connectivity index (χ2n) is 6.59. The standard InChI is InChI=1S/C17H22ClN3O2/c1-11(16(22)23)19-9-12-10-21(20-15(12)17(2,3)4)14-8-6-5-7-13(14)18/h5-8,10-11,19H,9H2,1-4H3,(H,22,23). The number of aliphatic carboxylic acids is 1. The SMILES string of the molecule is CC(NCc1cn(-c2ccccc2Cl)nc1C(C)(C)C)C(=O)O. The second-order valence-corrected chi connectivity index (χ2v) is 7.00. The van der Waals surface area contributed by atoms with Gasteiger partial charge in [-0.05, 0) is 19.1 Å². The zero-order valence-electron chi connectivity index (χ0n) is 13.8. The van der Waals surface area contributed by atoms with E-state index in [-0.39, 0.29) is 5.41 Å². The van der Waals surface area contributed by atoms with Gasteiger partial charge in [-0.3, -0.25) is 4.79 Å². The highest BCUT2D eigenvalue weighted by molar-refractivity contribution is 6.32.